The predicted octanol–water partition coefficient (Wildman–Crippen LogP) is 3.67. The number of nitrogens with zero attached hydrogens (tertiary/aromatic N) is 2. The van der Waals surface area contributed by atoms with Gasteiger partial charge >= 0.3 is 0 Å². The van der Waals surface area contributed by atoms with E-state index in [0.29, 0.717) is 11.5 Å². The van der Waals surface area contributed by atoms with Crippen LogP contribution >= 0.6 is 0 Å². The maximum atomic E-state index is 13.1. The van der Waals surface area contributed by atoms with Gasteiger partial charge in [0.1, 0.15) is 5.75 Å². The van der Waals surface area contributed by atoms with E-state index in [2.05, 4.69) is 16.3 Å². The zero-order valence-electron chi connectivity index (χ0n) is 14.7. The summed E-state index contributed by atoms with van der Waals surface area (Å²) < 4.78 is 6.04. The lowest BCUT2D eigenvalue weighted by atomic mass is 9.94. The molecule has 1 aliphatic carbocycles. The van der Waals surface area contributed by atoms with Crippen molar-refractivity contribution in [3.63, 3.8) is 0 Å². The van der Waals surface area contributed by atoms with E-state index in [-0.39, 0.29) is 12.0 Å². The van der Waals surface area contributed by atoms with E-state index in [0.717, 1.165) is 55.9 Å². The molecule has 1 atom stereocenters. The topological polar surface area (TPSA) is 58.2 Å². The minimum Gasteiger partial charge on any atom is -0.490 e. The molecule has 2 aliphatic rings. The van der Waals surface area contributed by atoms with Crippen LogP contribution in [0.25, 0.3) is 0 Å². The number of aromatic amines is 1. The second-order valence-electron chi connectivity index (χ2n) is 7.23. The minimum atomic E-state index is 0.0758. The summed E-state index contributed by atoms with van der Waals surface area (Å²) >= 11 is 0. The summed E-state index contributed by atoms with van der Waals surface area (Å²) in [5.41, 5.74) is 2.82. The van der Waals surface area contributed by atoms with Gasteiger partial charge in [0.05, 0.1) is 17.4 Å². The molecule has 1 aliphatic heterocycles. The molecule has 25 heavy (non-hydrogen) atoms. The largest absolute Gasteiger partial charge is 0.490 e. The number of ether oxygens (including phenoxy) is 1. The lowest BCUT2D eigenvalue weighted by Crippen LogP contribution is -2.39. The van der Waals surface area contributed by atoms with Crippen LogP contribution in [0.1, 0.15) is 59.8 Å². The Morgan fingerprint density at radius 3 is 2.80 bits per heavy atom. The van der Waals surface area contributed by atoms with Gasteiger partial charge in [-0.3, -0.25) is 9.89 Å². The number of carbonyl (C=O) groups excluding carboxylic acids is 1. The third-order valence-corrected chi connectivity index (χ3v) is 5.32. The summed E-state index contributed by atoms with van der Waals surface area (Å²) in [6.07, 6.45) is 5.76. The Morgan fingerprint density at radius 1 is 1.24 bits per heavy atom. The molecule has 0 unspecified atom stereocenters. The SMILES string of the molecule is Cc1cc([C@H]2CCCN(C(=O)c3ccccc3OC3CCC3)C2)n[nH]1. The molecule has 2 aromatic rings. The van der Waals surface area contributed by atoms with Crippen molar-refractivity contribution in [2.45, 2.75) is 51.0 Å². The Labute approximate surface area is 148 Å². The molecule has 1 saturated carbocycles. The fourth-order valence-corrected chi connectivity index (χ4v) is 3.64. The van der Waals surface area contributed by atoms with Crippen molar-refractivity contribution in [2.75, 3.05) is 13.1 Å². The van der Waals surface area contributed by atoms with Gasteiger partial charge in [0, 0.05) is 24.7 Å². The van der Waals surface area contributed by atoms with Gasteiger partial charge in [-0.05, 0) is 57.2 Å². The van der Waals surface area contributed by atoms with E-state index >= 15 is 0 Å². The van der Waals surface area contributed by atoms with Crippen LogP contribution in [0, 0.1) is 6.92 Å². The van der Waals surface area contributed by atoms with Gasteiger partial charge in [0.25, 0.3) is 5.91 Å². The van der Waals surface area contributed by atoms with Crippen LogP contribution < -0.4 is 4.74 Å². The number of likely N-dealkylation sites (tertiary alicyclic amines) is 1. The van der Waals surface area contributed by atoms with Crippen molar-refractivity contribution in [2.24, 2.45) is 0 Å². The van der Waals surface area contributed by atoms with Crippen molar-refractivity contribution in [1.82, 2.24) is 15.1 Å². The van der Waals surface area contributed by atoms with Gasteiger partial charge in [-0.25, -0.2) is 0 Å². The van der Waals surface area contributed by atoms with E-state index in [4.69, 9.17) is 4.74 Å². The molecule has 0 bridgehead atoms. The Bertz CT molecular complexity index is 751. The molecule has 2 heterocycles. The summed E-state index contributed by atoms with van der Waals surface area (Å²) in [4.78, 5) is 15.1. The summed E-state index contributed by atoms with van der Waals surface area (Å²) in [6.45, 7) is 3.54. The van der Waals surface area contributed by atoms with Gasteiger partial charge < -0.3 is 9.64 Å². The molecule has 1 amide bonds. The highest BCUT2D eigenvalue weighted by molar-refractivity contribution is 5.97. The number of hydrogen-bond donors (Lipinski definition) is 1. The van der Waals surface area contributed by atoms with Gasteiger partial charge in [0.2, 0.25) is 0 Å². The lowest BCUT2D eigenvalue weighted by Gasteiger charge is -2.33. The zero-order valence-corrected chi connectivity index (χ0v) is 14.7. The quantitative estimate of drug-likeness (QED) is 0.924. The molecule has 1 aromatic heterocycles. The lowest BCUT2D eigenvalue weighted by molar-refractivity contribution is 0.0689. The molecule has 1 aromatic carbocycles. The second-order valence-corrected chi connectivity index (χ2v) is 7.23. The number of aryl methyl sites for hydroxylation is 1. The highest BCUT2D eigenvalue weighted by Gasteiger charge is 2.29. The number of nitrogens with one attached hydrogen (secondary N) is 1. The Balaban J connectivity index is 1.50. The van der Waals surface area contributed by atoms with E-state index in [1.54, 1.807) is 0 Å². The number of aromatic nitrogens is 2. The van der Waals surface area contributed by atoms with Crippen LogP contribution in [0.5, 0.6) is 5.75 Å². The van der Waals surface area contributed by atoms with Crippen molar-refractivity contribution in [1.29, 1.82) is 0 Å². The molecule has 5 heteroatoms. The van der Waals surface area contributed by atoms with E-state index in [1.165, 1.54) is 6.42 Å². The van der Waals surface area contributed by atoms with Crippen LogP contribution in [-0.2, 0) is 0 Å². The maximum Gasteiger partial charge on any atom is 0.257 e. The van der Waals surface area contributed by atoms with Gasteiger partial charge in [0.15, 0.2) is 0 Å². The highest BCUT2D eigenvalue weighted by atomic mass is 16.5. The normalized spacial score (nSPS) is 21.0. The summed E-state index contributed by atoms with van der Waals surface area (Å²) in [5, 5.41) is 7.41. The van der Waals surface area contributed by atoms with Gasteiger partial charge in [-0.2, -0.15) is 5.10 Å². The fourth-order valence-electron chi connectivity index (χ4n) is 3.64. The van der Waals surface area contributed by atoms with Crippen LogP contribution in [0.15, 0.2) is 30.3 Å². The highest BCUT2D eigenvalue weighted by Crippen LogP contribution is 2.31. The molecule has 1 saturated heterocycles. The molecule has 0 spiro atoms. The number of amides is 1. The molecule has 4 rings (SSSR count). The van der Waals surface area contributed by atoms with Crippen LogP contribution in [0.4, 0.5) is 0 Å². The molecule has 0 radical (unpaired) electrons. The number of benzene rings is 1. The molecular weight excluding hydrogens is 314 g/mol. The van der Waals surface area contributed by atoms with Crippen molar-refractivity contribution >= 4 is 5.91 Å². The first-order valence-corrected chi connectivity index (χ1v) is 9.27. The number of para-hydroxylation sites is 1. The molecular formula is C20H25N3O2. The van der Waals surface area contributed by atoms with Gasteiger partial charge in [-0.15, -0.1) is 0 Å². The average Bonchev–Trinajstić information content (AvgIpc) is 3.04. The summed E-state index contributed by atoms with van der Waals surface area (Å²) in [7, 11) is 0. The number of H-pyrrole nitrogens is 1. The first kappa shape index (κ1) is 16.2. The minimum absolute atomic E-state index is 0.0758. The number of rotatable bonds is 4. The van der Waals surface area contributed by atoms with E-state index in [9.17, 15) is 4.79 Å². The van der Waals surface area contributed by atoms with Crippen LogP contribution in [0.3, 0.4) is 0 Å². The second kappa shape index (κ2) is 6.90. The summed E-state index contributed by atoms with van der Waals surface area (Å²) in [5.74, 6) is 1.11. The molecule has 132 valence electrons. The Hall–Kier alpha value is -2.30. The van der Waals surface area contributed by atoms with Crippen molar-refractivity contribution in [3.8, 4) is 5.75 Å². The Kier molecular flexibility index (Phi) is 4.47. The standard InChI is InChI=1S/C20H25N3O2/c1-14-12-18(22-21-14)15-6-5-11-23(13-15)20(24)17-9-2-3-10-19(17)25-16-7-4-8-16/h2-3,9-10,12,15-16H,4-8,11,13H2,1H3,(H,21,22)/t15-/m0/s1. The third kappa shape index (κ3) is 3.41. The molecule has 5 nitrogen and oxygen atoms in total. The van der Waals surface area contributed by atoms with Crippen molar-refractivity contribution in [3.05, 3.63) is 47.3 Å². The monoisotopic (exact) mass is 339 g/mol. The fraction of sp³-hybridized carbons (Fsp3) is 0.500. The smallest absolute Gasteiger partial charge is 0.257 e. The molecule has 2 fully saturated rings. The third-order valence-electron chi connectivity index (χ3n) is 5.32. The van der Waals surface area contributed by atoms with Crippen LogP contribution in [-0.4, -0.2) is 40.2 Å². The predicted molar refractivity (Wildman–Crippen MR) is 95.9 cm³/mol. The first-order chi connectivity index (χ1) is 12.2. The first-order valence-electron chi connectivity index (χ1n) is 9.27. The molecule has 1 N–H and O–H groups in total. The van der Waals surface area contributed by atoms with Gasteiger partial charge in [-0.1, -0.05) is 12.1 Å². The van der Waals surface area contributed by atoms with Crippen molar-refractivity contribution < 1.29 is 9.53 Å². The number of hydrogen-bond acceptors (Lipinski definition) is 3. The number of carbonyl (C=O) groups is 1. The van der Waals surface area contributed by atoms with E-state index < -0.39 is 0 Å². The number of piperidine rings is 1. The Morgan fingerprint density at radius 2 is 2.08 bits per heavy atom. The summed E-state index contributed by atoms with van der Waals surface area (Å²) in [6, 6.07) is 9.75. The average molecular weight is 339 g/mol. The van der Waals surface area contributed by atoms with E-state index in [1.807, 2.05) is 36.1 Å². The maximum absolute atomic E-state index is 13.1. The van der Waals surface area contributed by atoms with Crippen LogP contribution in [0.2, 0.25) is 0 Å². The zero-order chi connectivity index (χ0) is 17.2.